The number of pyridine rings is 1. The number of aromatic nitrogens is 3. The fraction of sp³-hybridized carbons (Fsp3) is 0. The highest BCUT2D eigenvalue weighted by atomic mass is 31.0. The summed E-state index contributed by atoms with van der Waals surface area (Å²) < 4.78 is 1.74. The first-order chi connectivity index (χ1) is 4.86. The van der Waals surface area contributed by atoms with Crippen molar-refractivity contribution in [2.24, 2.45) is 0 Å². The van der Waals surface area contributed by atoms with Gasteiger partial charge in [-0.2, -0.15) is 5.10 Å². The largest absolute Gasteiger partial charge is 0.221 e. The van der Waals surface area contributed by atoms with Crippen LogP contribution in [0.3, 0.4) is 0 Å². The van der Waals surface area contributed by atoms with Crippen molar-refractivity contribution in [3.05, 3.63) is 24.7 Å². The quantitative estimate of drug-likeness (QED) is 0.504. The van der Waals surface area contributed by atoms with Gasteiger partial charge in [0, 0.05) is 6.20 Å². The molecule has 2 heterocycles. The highest BCUT2D eigenvalue weighted by Gasteiger charge is 1.91. The molecule has 0 bridgehead atoms. The van der Waals surface area contributed by atoms with Crippen LogP contribution < -0.4 is 5.30 Å². The first-order valence-electron chi connectivity index (χ1n) is 2.91. The molecule has 0 saturated heterocycles. The number of hydrogen-bond donors (Lipinski definition) is 0. The molecule has 0 saturated carbocycles. The molecule has 0 aliphatic heterocycles. The molecule has 1 unspecified atom stereocenters. The smallest absolute Gasteiger partial charge is 0.155 e. The average Bonchev–Trinajstić information content (AvgIpc) is 2.33. The summed E-state index contributed by atoms with van der Waals surface area (Å²) >= 11 is 0. The van der Waals surface area contributed by atoms with Crippen LogP contribution in [0.4, 0.5) is 0 Å². The van der Waals surface area contributed by atoms with Gasteiger partial charge >= 0.3 is 0 Å². The molecule has 2 aromatic heterocycles. The highest BCUT2D eigenvalue weighted by Crippen LogP contribution is 1.95. The van der Waals surface area contributed by atoms with Gasteiger partial charge in [-0.05, 0) is 17.4 Å². The van der Waals surface area contributed by atoms with E-state index in [1.165, 1.54) is 0 Å². The Hall–Kier alpha value is -0.950. The van der Waals surface area contributed by atoms with Crippen molar-refractivity contribution < 1.29 is 0 Å². The van der Waals surface area contributed by atoms with Crippen molar-refractivity contribution >= 4 is 20.2 Å². The third kappa shape index (κ3) is 0.792. The Bertz CT molecular complexity index is 355. The molecule has 1 atom stereocenters. The van der Waals surface area contributed by atoms with E-state index in [-0.39, 0.29) is 0 Å². The van der Waals surface area contributed by atoms with E-state index in [0.29, 0.717) is 0 Å². The Labute approximate surface area is 60.3 Å². The van der Waals surface area contributed by atoms with Gasteiger partial charge in [0.2, 0.25) is 0 Å². The van der Waals surface area contributed by atoms with Crippen molar-refractivity contribution in [1.29, 1.82) is 0 Å². The second-order valence-corrected chi connectivity index (χ2v) is 2.69. The molecule has 2 aromatic rings. The van der Waals surface area contributed by atoms with Crippen molar-refractivity contribution in [3.8, 4) is 0 Å². The molecule has 2 rings (SSSR count). The normalized spacial score (nSPS) is 10.5. The lowest BCUT2D eigenvalue weighted by Gasteiger charge is -1.91. The fourth-order valence-electron chi connectivity index (χ4n) is 0.833. The van der Waals surface area contributed by atoms with Gasteiger partial charge in [0.05, 0.1) is 0 Å². The van der Waals surface area contributed by atoms with Crippen molar-refractivity contribution in [3.63, 3.8) is 0 Å². The Morgan fingerprint density at radius 2 is 2.30 bits per heavy atom. The Morgan fingerprint density at radius 3 is 3.20 bits per heavy atom. The van der Waals surface area contributed by atoms with Crippen LogP contribution in [-0.4, -0.2) is 14.6 Å². The standard InChI is InChI=1S/C6H6N3P/c10-5-1-2-6-7-4-8-9(6)3-5/h1-4H,10H2. The summed E-state index contributed by atoms with van der Waals surface area (Å²) in [5.41, 5.74) is 0.881. The predicted molar refractivity (Wildman–Crippen MR) is 42.3 cm³/mol. The summed E-state index contributed by atoms with van der Waals surface area (Å²) in [7, 11) is 2.61. The van der Waals surface area contributed by atoms with Gasteiger partial charge in [0.1, 0.15) is 6.33 Å². The highest BCUT2D eigenvalue weighted by molar-refractivity contribution is 7.27. The molecular formula is C6H6N3P. The molecule has 10 heavy (non-hydrogen) atoms. The lowest BCUT2D eigenvalue weighted by atomic mass is 10.5. The fourth-order valence-corrected chi connectivity index (χ4v) is 1.07. The first kappa shape index (κ1) is 5.81. The van der Waals surface area contributed by atoms with Crippen molar-refractivity contribution in [2.75, 3.05) is 0 Å². The van der Waals surface area contributed by atoms with Crippen LogP contribution in [0.15, 0.2) is 24.7 Å². The second kappa shape index (κ2) is 2.03. The van der Waals surface area contributed by atoms with Gasteiger partial charge in [-0.15, -0.1) is 9.24 Å². The van der Waals surface area contributed by atoms with E-state index in [4.69, 9.17) is 0 Å². The third-order valence-corrected chi connectivity index (χ3v) is 1.64. The monoisotopic (exact) mass is 151 g/mol. The number of rotatable bonds is 0. The van der Waals surface area contributed by atoms with Crippen LogP contribution >= 0.6 is 9.24 Å². The summed E-state index contributed by atoms with van der Waals surface area (Å²) in [6, 6.07) is 3.91. The maximum atomic E-state index is 4.00. The second-order valence-electron chi connectivity index (χ2n) is 2.03. The zero-order valence-corrected chi connectivity index (χ0v) is 6.38. The van der Waals surface area contributed by atoms with Gasteiger partial charge in [-0.3, -0.25) is 0 Å². The summed E-state index contributed by atoms with van der Waals surface area (Å²) in [6.45, 7) is 0. The zero-order valence-electron chi connectivity index (χ0n) is 5.23. The molecular weight excluding hydrogens is 145 g/mol. The van der Waals surface area contributed by atoms with E-state index in [9.17, 15) is 0 Å². The maximum Gasteiger partial charge on any atom is 0.155 e. The molecule has 0 aliphatic carbocycles. The van der Waals surface area contributed by atoms with E-state index >= 15 is 0 Å². The third-order valence-electron chi connectivity index (χ3n) is 1.30. The van der Waals surface area contributed by atoms with E-state index in [1.54, 1.807) is 10.8 Å². The molecule has 50 valence electrons. The molecule has 0 N–H and O–H groups in total. The molecule has 0 aliphatic rings. The zero-order chi connectivity index (χ0) is 6.97. The number of nitrogens with zero attached hydrogens (tertiary/aromatic N) is 3. The topological polar surface area (TPSA) is 30.2 Å². The van der Waals surface area contributed by atoms with E-state index in [0.717, 1.165) is 11.0 Å². The molecule has 0 amide bonds. The minimum Gasteiger partial charge on any atom is -0.221 e. The predicted octanol–water partition coefficient (Wildman–Crippen LogP) is 0.230. The Balaban J connectivity index is 2.86. The van der Waals surface area contributed by atoms with Crippen LogP contribution in [0.1, 0.15) is 0 Å². The minimum atomic E-state index is 0.881. The lowest BCUT2D eigenvalue weighted by molar-refractivity contribution is 0.967. The average molecular weight is 151 g/mol. The van der Waals surface area contributed by atoms with Crippen LogP contribution in [0.25, 0.3) is 5.65 Å². The lowest BCUT2D eigenvalue weighted by Crippen LogP contribution is -1.95. The summed E-state index contributed by atoms with van der Waals surface area (Å²) in [6.07, 6.45) is 3.45. The molecule has 0 fully saturated rings. The van der Waals surface area contributed by atoms with Crippen molar-refractivity contribution in [1.82, 2.24) is 14.6 Å². The first-order valence-corrected chi connectivity index (χ1v) is 3.49. The summed E-state index contributed by atoms with van der Waals surface area (Å²) in [4.78, 5) is 4.00. The van der Waals surface area contributed by atoms with E-state index < -0.39 is 0 Å². The SMILES string of the molecule is Pc1ccc2ncnn2c1. The molecule has 0 aromatic carbocycles. The minimum absolute atomic E-state index is 0.881. The molecule has 0 radical (unpaired) electrons. The van der Waals surface area contributed by atoms with Crippen molar-refractivity contribution in [2.45, 2.75) is 0 Å². The molecule has 3 nitrogen and oxygen atoms in total. The molecule has 4 heteroatoms. The van der Waals surface area contributed by atoms with E-state index in [1.807, 2.05) is 18.3 Å². The summed E-state index contributed by atoms with van der Waals surface area (Å²) in [5, 5.41) is 5.08. The summed E-state index contributed by atoms with van der Waals surface area (Å²) in [5.74, 6) is 0. The Kier molecular flexibility index (Phi) is 1.18. The van der Waals surface area contributed by atoms with Gasteiger partial charge in [0.15, 0.2) is 5.65 Å². The Morgan fingerprint density at radius 1 is 1.40 bits per heavy atom. The van der Waals surface area contributed by atoms with Crippen LogP contribution in [0, 0.1) is 0 Å². The van der Waals surface area contributed by atoms with E-state index in [2.05, 4.69) is 19.3 Å². The van der Waals surface area contributed by atoms with Crippen LogP contribution in [-0.2, 0) is 0 Å². The van der Waals surface area contributed by atoms with Gasteiger partial charge in [-0.1, -0.05) is 0 Å². The maximum absolute atomic E-state index is 4.00. The van der Waals surface area contributed by atoms with Crippen LogP contribution in [0.5, 0.6) is 0 Å². The van der Waals surface area contributed by atoms with Gasteiger partial charge in [0.25, 0.3) is 0 Å². The van der Waals surface area contributed by atoms with Gasteiger partial charge < -0.3 is 0 Å². The van der Waals surface area contributed by atoms with Gasteiger partial charge in [-0.25, -0.2) is 9.50 Å². The number of hydrogen-bond acceptors (Lipinski definition) is 2. The molecule has 0 spiro atoms. The number of fused-ring (bicyclic) bond motifs is 1. The van der Waals surface area contributed by atoms with Crippen LogP contribution in [0.2, 0.25) is 0 Å².